The van der Waals surface area contributed by atoms with Crippen LogP contribution in [-0.4, -0.2) is 16.4 Å². The molecule has 3 aromatic rings. The molecule has 0 bridgehead atoms. The number of halogens is 1. The van der Waals surface area contributed by atoms with E-state index in [9.17, 15) is 4.79 Å². The lowest BCUT2D eigenvalue weighted by Crippen LogP contribution is -2.25. The highest BCUT2D eigenvalue weighted by Gasteiger charge is 2.09. The summed E-state index contributed by atoms with van der Waals surface area (Å²) in [6.45, 7) is 6.84. The maximum Gasteiger partial charge on any atom is 0.189 e. The lowest BCUT2D eigenvalue weighted by molar-refractivity contribution is 0.254. The Bertz CT molecular complexity index is 915. The van der Waals surface area contributed by atoms with Crippen LogP contribution >= 0.6 is 11.6 Å². The Balaban J connectivity index is 1.84. The van der Waals surface area contributed by atoms with Crippen LogP contribution in [0.15, 0.2) is 53.3 Å². The summed E-state index contributed by atoms with van der Waals surface area (Å²) in [6.07, 6.45) is 1.07. The smallest absolute Gasteiger partial charge is 0.189 e. The Labute approximate surface area is 153 Å². The molecular formula is C21H23ClN2O. The molecule has 0 aliphatic carbocycles. The average molecular weight is 355 g/mol. The van der Waals surface area contributed by atoms with Crippen LogP contribution in [0.5, 0.6) is 0 Å². The minimum atomic E-state index is 0.0121. The van der Waals surface area contributed by atoms with Gasteiger partial charge < -0.3 is 4.98 Å². The number of aryl methyl sites for hydroxylation is 1. The Morgan fingerprint density at radius 3 is 2.52 bits per heavy atom. The lowest BCUT2D eigenvalue weighted by Gasteiger charge is -2.22. The van der Waals surface area contributed by atoms with Crippen molar-refractivity contribution >= 4 is 22.5 Å². The molecule has 3 rings (SSSR count). The maximum absolute atomic E-state index is 12.4. The van der Waals surface area contributed by atoms with Gasteiger partial charge >= 0.3 is 0 Å². The molecule has 0 fully saturated rings. The van der Waals surface area contributed by atoms with Crippen molar-refractivity contribution in [2.45, 2.75) is 33.4 Å². The highest BCUT2D eigenvalue weighted by atomic mass is 35.5. The van der Waals surface area contributed by atoms with Crippen LogP contribution < -0.4 is 5.43 Å². The number of nitrogens with one attached hydrogen (secondary N) is 1. The molecule has 0 atom stereocenters. The summed E-state index contributed by atoms with van der Waals surface area (Å²) in [5, 5.41) is 1.22. The van der Waals surface area contributed by atoms with Crippen molar-refractivity contribution in [2.24, 2.45) is 0 Å². The molecule has 0 amide bonds. The summed E-state index contributed by atoms with van der Waals surface area (Å²) >= 11 is 6.00. The zero-order valence-electron chi connectivity index (χ0n) is 14.7. The molecule has 0 unspecified atom stereocenters. The number of hydrogen-bond donors (Lipinski definition) is 1. The van der Waals surface area contributed by atoms with E-state index in [1.54, 1.807) is 18.2 Å². The monoisotopic (exact) mass is 354 g/mol. The van der Waals surface area contributed by atoms with Gasteiger partial charge in [0.05, 0.1) is 0 Å². The summed E-state index contributed by atoms with van der Waals surface area (Å²) < 4.78 is 0. The van der Waals surface area contributed by atoms with Crippen LogP contribution in [0, 0.1) is 6.92 Å². The van der Waals surface area contributed by atoms with Crippen molar-refractivity contribution in [1.29, 1.82) is 0 Å². The van der Waals surface area contributed by atoms with Gasteiger partial charge in [0.1, 0.15) is 0 Å². The molecule has 4 heteroatoms. The standard InChI is InChI=1S/C21H23ClN2O/c1-3-10-24(13-16-6-4-15(2)5-7-16)14-18-12-21(25)19-11-17(22)8-9-20(19)23-18/h4-9,11-12H,3,10,13-14H2,1-2H3,(H,23,25). The van der Waals surface area contributed by atoms with Gasteiger partial charge in [0, 0.05) is 40.8 Å². The third-order valence-corrected chi connectivity index (χ3v) is 4.54. The zero-order valence-corrected chi connectivity index (χ0v) is 15.4. The number of aromatic nitrogens is 1. The first-order valence-corrected chi connectivity index (χ1v) is 9.02. The molecule has 0 radical (unpaired) electrons. The normalized spacial score (nSPS) is 11.4. The summed E-state index contributed by atoms with van der Waals surface area (Å²) in [6, 6.07) is 15.7. The molecule has 0 saturated carbocycles. The molecule has 130 valence electrons. The largest absolute Gasteiger partial charge is 0.357 e. The Hall–Kier alpha value is -2.10. The van der Waals surface area contributed by atoms with Gasteiger partial charge in [-0.2, -0.15) is 0 Å². The highest BCUT2D eigenvalue weighted by Crippen LogP contribution is 2.16. The molecule has 2 aromatic carbocycles. The van der Waals surface area contributed by atoms with Crippen LogP contribution in [0.25, 0.3) is 10.9 Å². The second kappa shape index (κ2) is 7.85. The number of pyridine rings is 1. The number of rotatable bonds is 6. The first-order chi connectivity index (χ1) is 12.0. The molecule has 0 saturated heterocycles. The van der Waals surface area contributed by atoms with Gasteiger partial charge in [-0.3, -0.25) is 9.69 Å². The Kier molecular flexibility index (Phi) is 5.57. The van der Waals surface area contributed by atoms with Crippen molar-refractivity contribution < 1.29 is 0 Å². The molecule has 0 spiro atoms. The average Bonchev–Trinajstić information content (AvgIpc) is 2.58. The van der Waals surface area contributed by atoms with Crippen LogP contribution in [0.4, 0.5) is 0 Å². The highest BCUT2D eigenvalue weighted by molar-refractivity contribution is 6.31. The van der Waals surface area contributed by atoms with E-state index < -0.39 is 0 Å². The molecule has 0 aliphatic rings. The maximum atomic E-state index is 12.4. The van der Waals surface area contributed by atoms with E-state index in [4.69, 9.17) is 11.6 Å². The van der Waals surface area contributed by atoms with E-state index in [-0.39, 0.29) is 5.43 Å². The van der Waals surface area contributed by atoms with Gasteiger partial charge in [-0.25, -0.2) is 0 Å². The van der Waals surface area contributed by atoms with Gasteiger partial charge in [-0.1, -0.05) is 48.4 Å². The molecule has 25 heavy (non-hydrogen) atoms. The SMILES string of the molecule is CCCN(Cc1ccc(C)cc1)Cc1cc(=O)c2cc(Cl)ccc2[nH]1. The van der Waals surface area contributed by atoms with Crippen LogP contribution in [0.1, 0.15) is 30.2 Å². The van der Waals surface area contributed by atoms with E-state index in [0.717, 1.165) is 37.3 Å². The van der Waals surface area contributed by atoms with Crippen molar-refractivity contribution in [3.8, 4) is 0 Å². The molecule has 1 N–H and O–H groups in total. The number of hydrogen-bond acceptors (Lipinski definition) is 2. The van der Waals surface area contributed by atoms with Gasteiger partial charge in [0.25, 0.3) is 0 Å². The van der Waals surface area contributed by atoms with Gasteiger partial charge in [0.2, 0.25) is 0 Å². The van der Waals surface area contributed by atoms with E-state index >= 15 is 0 Å². The predicted octanol–water partition coefficient (Wildman–Crippen LogP) is 4.90. The molecule has 1 heterocycles. The molecule has 3 nitrogen and oxygen atoms in total. The minimum absolute atomic E-state index is 0.0121. The van der Waals surface area contributed by atoms with Crippen LogP contribution in [0.2, 0.25) is 5.02 Å². The van der Waals surface area contributed by atoms with E-state index in [0.29, 0.717) is 10.4 Å². The van der Waals surface area contributed by atoms with Crippen LogP contribution in [0.3, 0.4) is 0 Å². The molecule has 1 aromatic heterocycles. The number of H-pyrrole nitrogens is 1. The van der Waals surface area contributed by atoms with Crippen LogP contribution in [-0.2, 0) is 13.1 Å². The Morgan fingerprint density at radius 2 is 1.80 bits per heavy atom. The number of benzene rings is 2. The third kappa shape index (κ3) is 4.50. The molecular weight excluding hydrogens is 332 g/mol. The number of aromatic amines is 1. The first kappa shape index (κ1) is 17.7. The summed E-state index contributed by atoms with van der Waals surface area (Å²) in [7, 11) is 0. The first-order valence-electron chi connectivity index (χ1n) is 8.64. The fourth-order valence-electron chi connectivity index (χ4n) is 3.08. The topological polar surface area (TPSA) is 36.1 Å². The van der Waals surface area contributed by atoms with E-state index in [1.165, 1.54) is 11.1 Å². The number of fused-ring (bicyclic) bond motifs is 1. The lowest BCUT2D eigenvalue weighted by atomic mass is 10.1. The summed E-state index contributed by atoms with van der Waals surface area (Å²) in [5.74, 6) is 0. The van der Waals surface area contributed by atoms with Gasteiger partial charge in [-0.05, 0) is 43.7 Å². The van der Waals surface area contributed by atoms with Gasteiger partial charge in [0.15, 0.2) is 5.43 Å². The van der Waals surface area contributed by atoms with Crippen molar-refractivity contribution in [1.82, 2.24) is 9.88 Å². The third-order valence-electron chi connectivity index (χ3n) is 4.31. The van der Waals surface area contributed by atoms with Crippen molar-refractivity contribution in [3.63, 3.8) is 0 Å². The predicted molar refractivity (Wildman–Crippen MR) is 105 cm³/mol. The quantitative estimate of drug-likeness (QED) is 0.683. The zero-order chi connectivity index (χ0) is 17.8. The van der Waals surface area contributed by atoms with E-state index in [1.807, 2.05) is 6.07 Å². The van der Waals surface area contributed by atoms with Crippen molar-refractivity contribution in [3.05, 3.63) is 80.6 Å². The number of nitrogens with zero attached hydrogens (tertiary/aromatic N) is 1. The summed E-state index contributed by atoms with van der Waals surface area (Å²) in [5.41, 5.74) is 4.33. The minimum Gasteiger partial charge on any atom is -0.357 e. The fourth-order valence-corrected chi connectivity index (χ4v) is 3.25. The van der Waals surface area contributed by atoms with E-state index in [2.05, 4.69) is 48.0 Å². The van der Waals surface area contributed by atoms with Gasteiger partial charge in [-0.15, -0.1) is 0 Å². The van der Waals surface area contributed by atoms with Crippen molar-refractivity contribution in [2.75, 3.05) is 6.54 Å². The second-order valence-electron chi connectivity index (χ2n) is 6.54. The summed E-state index contributed by atoms with van der Waals surface area (Å²) in [4.78, 5) is 18.1. The Morgan fingerprint density at radius 1 is 1.04 bits per heavy atom. The molecule has 0 aliphatic heterocycles. The fraction of sp³-hybridized carbons (Fsp3) is 0.286. The second-order valence-corrected chi connectivity index (χ2v) is 6.98.